The Balaban J connectivity index is 1.69. The first-order valence-electron chi connectivity index (χ1n) is 11.2. The summed E-state index contributed by atoms with van der Waals surface area (Å²) >= 11 is 0. The number of hydrogen-bond donors (Lipinski definition) is 2. The van der Waals surface area contributed by atoms with Gasteiger partial charge in [0.15, 0.2) is 5.79 Å². The van der Waals surface area contributed by atoms with Crippen molar-refractivity contribution in [2.45, 2.75) is 69.8 Å². The standard InChI is InChI=1S/C25H35NO4Si/c1-24(2,3)31(18-12-8-6-9-13-18,19-14-10-7-11-15-19)28-17-20-22-23(21(27)16-26-20)30-25(4,5)29-22/h6-15,20-23,26-27H,16-17H2,1-5H3/t20-,21-,22+,23+/m0/s1. The minimum atomic E-state index is -2.63. The fourth-order valence-electron chi connectivity index (χ4n) is 5.06. The van der Waals surface area contributed by atoms with E-state index in [2.05, 4.69) is 86.8 Å². The molecule has 0 unspecified atom stereocenters. The highest BCUT2D eigenvalue weighted by molar-refractivity contribution is 6.99. The smallest absolute Gasteiger partial charge is 0.261 e. The number of fused-ring (bicyclic) bond motifs is 1. The number of piperidine rings is 1. The van der Waals surface area contributed by atoms with Gasteiger partial charge in [0.2, 0.25) is 0 Å². The Bertz CT molecular complexity index is 829. The second-order valence-corrected chi connectivity index (χ2v) is 14.4. The summed E-state index contributed by atoms with van der Waals surface area (Å²) in [5.74, 6) is -0.710. The first-order valence-corrected chi connectivity index (χ1v) is 13.1. The van der Waals surface area contributed by atoms with Gasteiger partial charge in [0.05, 0.1) is 18.8 Å². The van der Waals surface area contributed by atoms with E-state index in [4.69, 9.17) is 13.9 Å². The first-order chi connectivity index (χ1) is 14.6. The van der Waals surface area contributed by atoms with Crippen LogP contribution in [0, 0.1) is 0 Å². The van der Waals surface area contributed by atoms with Crippen molar-refractivity contribution in [2.75, 3.05) is 13.2 Å². The van der Waals surface area contributed by atoms with E-state index in [1.165, 1.54) is 10.4 Å². The van der Waals surface area contributed by atoms with Gasteiger partial charge in [0, 0.05) is 6.54 Å². The van der Waals surface area contributed by atoms with E-state index in [0.717, 1.165) is 0 Å². The largest absolute Gasteiger partial charge is 0.406 e. The number of β-amino-alcohol motifs (C(OH)–C–C–N with tert-alkyl or cyclic N) is 1. The van der Waals surface area contributed by atoms with Crippen molar-refractivity contribution in [3.63, 3.8) is 0 Å². The van der Waals surface area contributed by atoms with Crippen LogP contribution in [0.25, 0.3) is 0 Å². The molecule has 168 valence electrons. The Labute approximate surface area is 186 Å². The van der Waals surface area contributed by atoms with E-state index in [-0.39, 0.29) is 23.3 Å². The zero-order valence-corrected chi connectivity index (χ0v) is 20.2. The van der Waals surface area contributed by atoms with Gasteiger partial charge < -0.3 is 24.3 Å². The second kappa shape index (κ2) is 8.43. The molecule has 2 N–H and O–H groups in total. The quantitative estimate of drug-likeness (QED) is 0.698. The third-order valence-electron chi connectivity index (χ3n) is 6.42. The van der Waals surface area contributed by atoms with Crippen molar-refractivity contribution in [3.8, 4) is 0 Å². The van der Waals surface area contributed by atoms with Gasteiger partial charge in [-0.25, -0.2) is 0 Å². The Kier molecular flexibility index (Phi) is 6.16. The number of ether oxygens (including phenoxy) is 2. The fourth-order valence-corrected chi connectivity index (χ4v) is 9.65. The number of benzene rings is 2. The van der Waals surface area contributed by atoms with Gasteiger partial charge >= 0.3 is 0 Å². The molecular formula is C25H35NO4Si. The van der Waals surface area contributed by atoms with E-state index in [1.807, 2.05) is 13.8 Å². The molecule has 2 saturated heterocycles. The second-order valence-electron chi connectivity index (χ2n) is 10.1. The SMILES string of the molecule is CC1(C)O[C@H]2[C@H](O1)[C@@H](O)CN[C@H]2CO[Si](c1ccccc1)(c1ccccc1)C(C)(C)C. The highest BCUT2D eigenvalue weighted by Gasteiger charge is 2.54. The van der Waals surface area contributed by atoms with Crippen molar-refractivity contribution in [2.24, 2.45) is 0 Å². The summed E-state index contributed by atoms with van der Waals surface area (Å²) < 4.78 is 19.3. The van der Waals surface area contributed by atoms with E-state index >= 15 is 0 Å². The monoisotopic (exact) mass is 441 g/mol. The number of aliphatic hydroxyl groups excluding tert-OH is 1. The van der Waals surface area contributed by atoms with Gasteiger partial charge in [-0.3, -0.25) is 0 Å². The highest BCUT2D eigenvalue weighted by Crippen LogP contribution is 2.38. The average Bonchev–Trinajstić information content (AvgIpc) is 3.07. The van der Waals surface area contributed by atoms with Crippen LogP contribution in [-0.4, -0.2) is 56.7 Å². The van der Waals surface area contributed by atoms with Crippen LogP contribution >= 0.6 is 0 Å². The molecule has 2 aliphatic heterocycles. The molecule has 0 spiro atoms. The molecular weight excluding hydrogens is 406 g/mol. The normalized spacial score (nSPS) is 28.3. The van der Waals surface area contributed by atoms with Crippen LogP contribution in [-0.2, 0) is 13.9 Å². The fraction of sp³-hybridized carbons (Fsp3) is 0.520. The van der Waals surface area contributed by atoms with E-state index in [1.54, 1.807) is 0 Å². The summed E-state index contributed by atoms with van der Waals surface area (Å²) in [4.78, 5) is 0. The number of aliphatic hydroxyl groups is 1. The van der Waals surface area contributed by atoms with Crippen LogP contribution in [0.3, 0.4) is 0 Å². The lowest BCUT2D eigenvalue weighted by Crippen LogP contribution is -2.68. The Morgan fingerprint density at radius 3 is 2.00 bits per heavy atom. The van der Waals surface area contributed by atoms with E-state index in [0.29, 0.717) is 13.2 Å². The van der Waals surface area contributed by atoms with Crippen molar-refractivity contribution < 1.29 is 19.0 Å². The summed E-state index contributed by atoms with van der Waals surface area (Å²) in [7, 11) is -2.63. The topological polar surface area (TPSA) is 60.0 Å². The van der Waals surface area contributed by atoms with E-state index < -0.39 is 20.2 Å². The lowest BCUT2D eigenvalue weighted by atomic mass is 9.97. The van der Waals surface area contributed by atoms with Gasteiger partial charge in [-0.15, -0.1) is 0 Å². The van der Waals surface area contributed by atoms with Crippen molar-refractivity contribution in [3.05, 3.63) is 60.7 Å². The van der Waals surface area contributed by atoms with E-state index in [9.17, 15) is 5.11 Å². The molecule has 31 heavy (non-hydrogen) atoms. The van der Waals surface area contributed by atoms with Crippen LogP contribution in [0.2, 0.25) is 5.04 Å². The van der Waals surface area contributed by atoms with Gasteiger partial charge in [-0.05, 0) is 29.3 Å². The van der Waals surface area contributed by atoms with Crippen LogP contribution in [0.1, 0.15) is 34.6 Å². The molecule has 0 saturated carbocycles. The summed E-state index contributed by atoms with van der Waals surface area (Å²) in [6.45, 7) is 11.6. The van der Waals surface area contributed by atoms with Crippen molar-refractivity contribution >= 4 is 18.7 Å². The number of nitrogens with one attached hydrogen (secondary N) is 1. The van der Waals surface area contributed by atoms with Crippen molar-refractivity contribution in [1.29, 1.82) is 0 Å². The predicted molar refractivity (Wildman–Crippen MR) is 125 cm³/mol. The van der Waals surface area contributed by atoms with Gasteiger partial charge in [-0.2, -0.15) is 0 Å². The van der Waals surface area contributed by atoms with Crippen LogP contribution < -0.4 is 15.7 Å². The third kappa shape index (κ3) is 4.25. The molecule has 4 rings (SSSR count). The minimum absolute atomic E-state index is 0.0585. The molecule has 0 radical (unpaired) electrons. The molecule has 5 nitrogen and oxygen atoms in total. The van der Waals surface area contributed by atoms with Crippen LogP contribution in [0.5, 0.6) is 0 Å². The summed E-state index contributed by atoms with van der Waals surface area (Å²) in [5, 5.41) is 16.3. The maximum Gasteiger partial charge on any atom is 0.261 e. The first kappa shape index (κ1) is 22.6. The van der Waals surface area contributed by atoms with Crippen LogP contribution in [0.4, 0.5) is 0 Å². The molecule has 2 fully saturated rings. The number of rotatable bonds is 5. The Morgan fingerprint density at radius 1 is 0.968 bits per heavy atom. The number of hydrogen-bond acceptors (Lipinski definition) is 5. The predicted octanol–water partition coefficient (Wildman–Crippen LogP) is 2.42. The minimum Gasteiger partial charge on any atom is -0.406 e. The molecule has 2 heterocycles. The molecule has 6 heteroatoms. The maximum atomic E-state index is 10.4. The lowest BCUT2D eigenvalue weighted by Gasteiger charge is -2.45. The highest BCUT2D eigenvalue weighted by atomic mass is 28.4. The lowest BCUT2D eigenvalue weighted by molar-refractivity contribution is -0.153. The Hall–Kier alpha value is -1.54. The summed E-state index contributed by atoms with van der Waals surface area (Å²) in [6.07, 6.45) is -1.18. The van der Waals surface area contributed by atoms with Crippen LogP contribution in [0.15, 0.2) is 60.7 Å². The molecule has 0 aliphatic carbocycles. The van der Waals surface area contributed by atoms with Gasteiger partial charge in [0.1, 0.15) is 12.2 Å². The molecule has 0 bridgehead atoms. The van der Waals surface area contributed by atoms with Crippen molar-refractivity contribution in [1.82, 2.24) is 5.32 Å². The molecule has 2 aromatic rings. The average molecular weight is 442 g/mol. The summed E-state index contributed by atoms with van der Waals surface area (Å²) in [6, 6.07) is 21.2. The molecule has 2 aliphatic rings. The zero-order valence-electron chi connectivity index (χ0n) is 19.2. The third-order valence-corrected chi connectivity index (χ3v) is 11.4. The summed E-state index contributed by atoms with van der Waals surface area (Å²) in [5.41, 5.74) is 0. The van der Waals surface area contributed by atoms with Gasteiger partial charge in [0.25, 0.3) is 8.32 Å². The van der Waals surface area contributed by atoms with Gasteiger partial charge in [-0.1, -0.05) is 81.4 Å². The molecule has 0 amide bonds. The zero-order chi connectivity index (χ0) is 22.3. The molecule has 4 atom stereocenters. The molecule has 0 aromatic heterocycles. The molecule has 2 aromatic carbocycles. The Morgan fingerprint density at radius 2 is 1.48 bits per heavy atom. The maximum absolute atomic E-state index is 10.4.